The van der Waals surface area contributed by atoms with E-state index in [2.05, 4.69) is 21.0 Å². The van der Waals surface area contributed by atoms with Crippen molar-refractivity contribution in [1.29, 1.82) is 0 Å². The highest BCUT2D eigenvalue weighted by Crippen LogP contribution is 2.31. The maximum atomic E-state index is 13.9. The highest BCUT2D eigenvalue weighted by Gasteiger charge is 2.27. The molecule has 3 heterocycles. The lowest BCUT2D eigenvalue weighted by atomic mass is 10.1. The zero-order chi connectivity index (χ0) is 16.4. The van der Waals surface area contributed by atoms with Crippen molar-refractivity contribution < 1.29 is 4.39 Å². The van der Waals surface area contributed by atoms with Gasteiger partial charge in [0.2, 0.25) is 0 Å². The lowest BCUT2D eigenvalue weighted by Crippen LogP contribution is -2.23. The molecule has 0 bridgehead atoms. The summed E-state index contributed by atoms with van der Waals surface area (Å²) in [5.41, 5.74) is 2.68. The Morgan fingerprint density at radius 2 is 2.00 bits per heavy atom. The lowest BCUT2D eigenvalue weighted by Gasteiger charge is -2.23. The third kappa shape index (κ3) is 2.95. The summed E-state index contributed by atoms with van der Waals surface area (Å²) in [7, 11) is 0. The standard InChI is InChI=1S/C19H19FN4/c20-16-6-1-2-8-18(16)24-14-15(12-22-24)13-23-11-5-9-19(23)17-7-3-4-10-21-17/h1-4,6-8,10,12,14,19H,5,9,11,13H2. The minimum Gasteiger partial charge on any atom is -0.290 e. The first-order valence-electron chi connectivity index (χ1n) is 8.25. The molecule has 1 fully saturated rings. The van der Waals surface area contributed by atoms with Gasteiger partial charge < -0.3 is 0 Å². The molecule has 0 amide bonds. The van der Waals surface area contributed by atoms with Crippen molar-refractivity contribution in [2.24, 2.45) is 0 Å². The van der Waals surface area contributed by atoms with Crippen LogP contribution in [0.3, 0.4) is 0 Å². The quantitative estimate of drug-likeness (QED) is 0.734. The number of hydrogen-bond donors (Lipinski definition) is 0. The summed E-state index contributed by atoms with van der Waals surface area (Å²) in [6.45, 7) is 1.85. The molecule has 1 saturated heterocycles. The zero-order valence-electron chi connectivity index (χ0n) is 13.3. The van der Waals surface area contributed by atoms with Gasteiger partial charge >= 0.3 is 0 Å². The molecule has 0 radical (unpaired) electrons. The third-order valence-electron chi connectivity index (χ3n) is 4.51. The molecular formula is C19H19FN4. The van der Waals surface area contributed by atoms with Crippen LogP contribution in [0.25, 0.3) is 5.69 Å². The summed E-state index contributed by atoms with van der Waals surface area (Å²) in [6.07, 6.45) is 7.87. The Morgan fingerprint density at radius 1 is 1.12 bits per heavy atom. The van der Waals surface area contributed by atoms with Crippen LogP contribution in [-0.4, -0.2) is 26.2 Å². The van der Waals surface area contributed by atoms with Crippen molar-refractivity contribution in [3.05, 3.63) is 78.1 Å². The summed E-state index contributed by atoms with van der Waals surface area (Å²) in [6, 6.07) is 13.1. The molecule has 1 atom stereocenters. The fraction of sp³-hybridized carbons (Fsp3) is 0.263. The van der Waals surface area contributed by atoms with Crippen LogP contribution in [0.5, 0.6) is 0 Å². The average molecular weight is 322 g/mol. The van der Waals surface area contributed by atoms with Gasteiger partial charge in [-0.3, -0.25) is 9.88 Å². The molecule has 0 saturated carbocycles. The minimum atomic E-state index is -0.264. The summed E-state index contributed by atoms with van der Waals surface area (Å²) < 4.78 is 15.5. The highest BCUT2D eigenvalue weighted by molar-refractivity contribution is 5.33. The van der Waals surface area contributed by atoms with Crippen LogP contribution >= 0.6 is 0 Å². The molecule has 1 aliphatic heterocycles. The van der Waals surface area contributed by atoms with E-state index in [1.807, 2.05) is 36.8 Å². The molecule has 122 valence electrons. The Labute approximate surface area is 140 Å². The second-order valence-electron chi connectivity index (χ2n) is 6.13. The Bertz CT molecular complexity index is 815. The third-order valence-corrected chi connectivity index (χ3v) is 4.51. The second-order valence-corrected chi connectivity index (χ2v) is 6.13. The van der Waals surface area contributed by atoms with Gasteiger partial charge in [-0.1, -0.05) is 18.2 Å². The largest absolute Gasteiger partial charge is 0.290 e. The number of rotatable bonds is 4. The molecule has 1 unspecified atom stereocenters. The molecule has 0 aliphatic carbocycles. The summed E-state index contributed by atoms with van der Waals surface area (Å²) in [4.78, 5) is 6.93. The molecular weight excluding hydrogens is 303 g/mol. The number of nitrogens with zero attached hydrogens (tertiary/aromatic N) is 4. The molecule has 0 spiro atoms. The van der Waals surface area contributed by atoms with E-state index in [0.29, 0.717) is 11.7 Å². The van der Waals surface area contributed by atoms with Crippen LogP contribution < -0.4 is 0 Å². The Kier molecular flexibility index (Phi) is 4.09. The first-order valence-corrected chi connectivity index (χ1v) is 8.25. The number of pyridine rings is 1. The first-order chi connectivity index (χ1) is 11.8. The molecule has 5 heteroatoms. The summed E-state index contributed by atoms with van der Waals surface area (Å²) >= 11 is 0. The monoisotopic (exact) mass is 322 g/mol. The van der Waals surface area contributed by atoms with Crippen LogP contribution in [0.4, 0.5) is 4.39 Å². The molecule has 4 rings (SSSR count). The van der Waals surface area contributed by atoms with Crippen LogP contribution in [-0.2, 0) is 6.54 Å². The van der Waals surface area contributed by atoms with Crippen molar-refractivity contribution in [3.8, 4) is 5.69 Å². The van der Waals surface area contributed by atoms with Gasteiger partial charge in [0.05, 0.1) is 17.9 Å². The van der Waals surface area contributed by atoms with E-state index in [-0.39, 0.29) is 5.82 Å². The molecule has 24 heavy (non-hydrogen) atoms. The number of halogens is 1. The predicted octanol–water partition coefficient (Wildman–Crippen LogP) is 3.74. The Balaban J connectivity index is 1.53. The van der Waals surface area contributed by atoms with Crippen LogP contribution in [0, 0.1) is 5.82 Å². The van der Waals surface area contributed by atoms with Gasteiger partial charge in [0, 0.05) is 24.5 Å². The number of likely N-dealkylation sites (tertiary alicyclic amines) is 1. The lowest BCUT2D eigenvalue weighted by molar-refractivity contribution is 0.244. The van der Waals surface area contributed by atoms with E-state index in [4.69, 9.17) is 0 Å². The van der Waals surface area contributed by atoms with E-state index in [1.165, 1.54) is 12.5 Å². The smallest absolute Gasteiger partial charge is 0.148 e. The Morgan fingerprint density at radius 3 is 2.83 bits per heavy atom. The maximum Gasteiger partial charge on any atom is 0.148 e. The predicted molar refractivity (Wildman–Crippen MR) is 90.1 cm³/mol. The fourth-order valence-electron chi connectivity index (χ4n) is 3.37. The van der Waals surface area contributed by atoms with Crippen molar-refractivity contribution >= 4 is 0 Å². The van der Waals surface area contributed by atoms with E-state index in [1.54, 1.807) is 16.8 Å². The average Bonchev–Trinajstić information content (AvgIpc) is 3.26. The maximum absolute atomic E-state index is 13.9. The molecule has 1 aromatic carbocycles. The first kappa shape index (κ1) is 15.0. The van der Waals surface area contributed by atoms with Crippen LogP contribution in [0.2, 0.25) is 0 Å². The van der Waals surface area contributed by atoms with Gasteiger partial charge in [0.1, 0.15) is 11.5 Å². The van der Waals surface area contributed by atoms with Gasteiger partial charge in [-0.05, 0) is 43.7 Å². The van der Waals surface area contributed by atoms with Gasteiger partial charge in [0.25, 0.3) is 0 Å². The second kappa shape index (κ2) is 6.53. The zero-order valence-corrected chi connectivity index (χ0v) is 13.3. The van der Waals surface area contributed by atoms with Gasteiger partial charge in [-0.2, -0.15) is 5.10 Å². The molecule has 0 N–H and O–H groups in total. The number of benzene rings is 1. The van der Waals surface area contributed by atoms with E-state index < -0.39 is 0 Å². The van der Waals surface area contributed by atoms with Crippen molar-refractivity contribution in [3.63, 3.8) is 0 Å². The number of hydrogen-bond acceptors (Lipinski definition) is 3. The van der Waals surface area contributed by atoms with Crippen LogP contribution in [0.1, 0.15) is 30.1 Å². The summed E-state index contributed by atoms with van der Waals surface area (Å²) in [5, 5.41) is 4.32. The number of aromatic nitrogens is 3. The van der Waals surface area contributed by atoms with E-state index >= 15 is 0 Å². The SMILES string of the molecule is Fc1ccccc1-n1cc(CN2CCCC2c2ccccn2)cn1. The van der Waals surface area contributed by atoms with Gasteiger partial charge in [-0.15, -0.1) is 0 Å². The summed E-state index contributed by atoms with van der Waals surface area (Å²) in [5.74, 6) is -0.264. The molecule has 1 aliphatic rings. The minimum absolute atomic E-state index is 0.264. The molecule has 4 nitrogen and oxygen atoms in total. The van der Waals surface area contributed by atoms with Gasteiger partial charge in [-0.25, -0.2) is 9.07 Å². The fourth-order valence-corrected chi connectivity index (χ4v) is 3.37. The van der Waals surface area contributed by atoms with Gasteiger partial charge in [0.15, 0.2) is 0 Å². The van der Waals surface area contributed by atoms with E-state index in [0.717, 1.165) is 30.8 Å². The van der Waals surface area contributed by atoms with Crippen molar-refractivity contribution in [1.82, 2.24) is 19.7 Å². The van der Waals surface area contributed by atoms with Crippen molar-refractivity contribution in [2.45, 2.75) is 25.4 Å². The topological polar surface area (TPSA) is 34.0 Å². The Hall–Kier alpha value is -2.53. The van der Waals surface area contributed by atoms with Crippen LogP contribution in [0.15, 0.2) is 61.1 Å². The highest BCUT2D eigenvalue weighted by atomic mass is 19.1. The molecule has 2 aromatic heterocycles. The normalized spacial score (nSPS) is 18.1. The van der Waals surface area contributed by atoms with E-state index in [9.17, 15) is 4.39 Å². The molecule has 3 aromatic rings. The van der Waals surface area contributed by atoms with Crippen molar-refractivity contribution in [2.75, 3.05) is 6.54 Å². The number of para-hydroxylation sites is 1.